The minimum Gasteiger partial charge on any atom is -0.512 e. The zero-order chi connectivity index (χ0) is 6.85. The average molecular weight is 128 g/mol. The van der Waals surface area contributed by atoms with Gasteiger partial charge in [-0.1, -0.05) is 0 Å². The van der Waals surface area contributed by atoms with Crippen molar-refractivity contribution in [3.05, 3.63) is 11.8 Å². The molecule has 3 heteroatoms. The molecule has 3 nitrogen and oxygen atoms in total. The van der Waals surface area contributed by atoms with Crippen LogP contribution in [0.5, 0.6) is 0 Å². The first-order valence-corrected chi connectivity index (χ1v) is 2.78. The lowest BCUT2D eigenvalue weighted by molar-refractivity contribution is -0.111. The maximum absolute atomic E-state index is 10.1. The smallest absolute Gasteiger partial charge is 0.130 e. The minimum atomic E-state index is -0.639. The van der Waals surface area contributed by atoms with Gasteiger partial charge in [-0.15, -0.1) is 0 Å². The van der Waals surface area contributed by atoms with E-state index in [0.29, 0.717) is 12.7 Å². The van der Waals surface area contributed by atoms with Crippen LogP contribution in [0, 0.1) is 5.92 Å². The van der Waals surface area contributed by atoms with Crippen LogP contribution < -0.4 is 0 Å². The molecule has 1 rings (SSSR count). The molecule has 1 aliphatic carbocycles. The van der Waals surface area contributed by atoms with Gasteiger partial charge in [-0.25, -0.2) is 0 Å². The Bertz CT molecular complexity index is 150. The molecule has 0 heterocycles. The van der Waals surface area contributed by atoms with Gasteiger partial charge in [0.2, 0.25) is 0 Å². The predicted molar refractivity (Wildman–Crippen MR) is 30.9 cm³/mol. The molecule has 50 valence electrons. The molecule has 0 saturated heterocycles. The summed E-state index contributed by atoms with van der Waals surface area (Å²) in [5.74, 6) is -0.475. The lowest BCUT2D eigenvalue weighted by Gasteiger charge is -1.98. The fourth-order valence-electron chi connectivity index (χ4n) is 0.895. The Morgan fingerprint density at radius 1 is 1.78 bits per heavy atom. The van der Waals surface area contributed by atoms with Crippen LogP contribution >= 0.6 is 0 Å². The highest BCUT2D eigenvalue weighted by atomic mass is 16.3. The van der Waals surface area contributed by atoms with Crippen LogP contribution in [0.25, 0.3) is 0 Å². The number of aliphatic hydroxyl groups is 2. The van der Waals surface area contributed by atoms with Gasteiger partial charge in [0.15, 0.2) is 0 Å². The van der Waals surface area contributed by atoms with Crippen molar-refractivity contribution in [3.63, 3.8) is 0 Å². The Hall–Kier alpha value is -0.830. The Morgan fingerprint density at radius 3 is 2.67 bits per heavy atom. The SMILES string of the molecule is O=CC1CC(O)C=C1O. The van der Waals surface area contributed by atoms with Crippen molar-refractivity contribution in [2.75, 3.05) is 0 Å². The highest BCUT2D eigenvalue weighted by Crippen LogP contribution is 2.21. The third kappa shape index (κ3) is 1.10. The first kappa shape index (κ1) is 6.29. The van der Waals surface area contributed by atoms with Crippen LogP contribution in [-0.4, -0.2) is 22.6 Å². The number of rotatable bonds is 1. The summed E-state index contributed by atoms with van der Waals surface area (Å²) in [6.45, 7) is 0. The van der Waals surface area contributed by atoms with Gasteiger partial charge >= 0.3 is 0 Å². The number of aliphatic hydroxyl groups excluding tert-OH is 2. The zero-order valence-electron chi connectivity index (χ0n) is 4.82. The first-order chi connectivity index (χ1) is 4.24. The minimum absolute atomic E-state index is 0.00231. The third-order valence-corrected chi connectivity index (χ3v) is 1.40. The van der Waals surface area contributed by atoms with E-state index in [1.165, 1.54) is 6.08 Å². The first-order valence-electron chi connectivity index (χ1n) is 2.78. The van der Waals surface area contributed by atoms with Gasteiger partial charge in [-0.05, 0) is 12.5 Å². The zero-order valence-corrected chi connectivity index (χ0v) is 4.82. The van der Waals surface area contributed by atoms with E-state index in [4.69, 9.17) is 10.2 Å². The van der Waals surface area contributed by atoms with Gasteiger partial charge < -0.3 is 15.0 Å². The van der Waals surface area contributed by atoms with Crippen LogP contribution in [0.15, 0.2) is 11.8 Å². The summed E-state index contributed by atoms with van der Waals surface area (Å²) in [5.41, 5.74) is 0. The molecule has 0 aromatic carbocycles. The van der Waals surface area contributed by atoms with E-state index in [9.17, 15) is 4.79 Å². The van der Waals surface area contributed by atoms with E-state index in [-0.39, 0.29) is 5.76 Å². The fourth-order valence-corrected chi connectivity index (χ4v) is 0.895. The maximum Gasteiger partial charge on any atom is 0.130 e. The fraction of sp³-hybridized carbons (Fsp3) is 0.500. The predicted octanol–water partition coefficient (Wildman–Crippen LogP) is 0.00800. The molecule has 0 amide bonds. The number of aldehydes is 1. The van der Waals surface area contributed by atoms with Gasteiger partial charge in [0.05, 0.1) is 12.0 Å². The molecule has 0 aromatic heterocycles. The molecule has 2 atom stereocenters. The number of carbonyl (C=O) groups excluding carboxylic acids is 1. The molecular formula is C6H8O3. The van der Waals surface area contributed by atoms with E-state index >= 15 is 0 Å². The second kappa shape index (κ2) is 2.19. The molecule has 0 aliphatic heterocycles. The van der Waals surface area contributed by atoms with E-state index in [1.807, 2.05) is 0 Å². The summed E-state index contributed by atoms with van der Waals surface area (Å²) in [6.07, 6.45) is 1.62. The topological polar surface area (TPSA) is 57.5 Å². The van der Waals surface area contributed by atoms with Crippen LogP contribution in [-0.2, 0) is 4.79 Å². The van der Waals surface area contributed by atoms with E-state index in [0.717, 1.165) is 0 Å². The number of allylic oxidation sites excluding steroid dienone is 1. The van der Waals surface area contributed by atoms with Gasteiger partial charge in [-0.2, -0.15) is 0 Å². The third-order valence-electron chi connectivity index (χ3n) is 1.40. The molecule has 0 fully saturated rings. The van der Waals surface area contributed by atoms with Crippen LogP contribution in [0.1, 0.15) is 6.42 Å². The summed E-state index contributed by atoms with van der Waals surface area (Å²) in [5, 5.41) is 17.6. The van der Waals surface area contributed by atoms with Gasteiger partial charge in [0, 0.05) is 0 Å². The van der Waals surface area contributed by atoms with Gasteiger partial charge in [-0.3, -0.25) is 0 Å². The molecule has 0 aromatic rings. The maximum atomic E-state index is 10.1. The lowest BCUT2D eigenvalue weighted by Crippen LogP contribution is -2.04. The lowest BCUT2D eigenvalue weighted by atomic mass is 10.1. The quantitative estimate of drug-likeness (QED) is 0.489. The van der Waals surface area contributed by atoms with Crippen molar-refractivity contribution in [2.24, 2.45) is 5.92 Å². The largest absolute Gasteiger partial charge is 0.512 e. The number of hydrogen-bond donors (Lipinski definition) is 2. The molecule has 0 spiro atoms. The Kier molecular flexibility index (Phi) is 1.53. The van der Waals surface area contributed by atoms with Crippen molar-refractivity contribution in [1.82, 2.24) is 0 Å². The second-order valence-corrected chi connectivity index (χ2v) is 2.14. The molecule has 0 bridgehead atoms. The monoisotopic (exact) mass is 128 g/mol. The summed E-state index contributed by atoms with van der Waals surface area (Å²) >= 11 is 0. The van der Waals surface area contributed by atoms with Crippen molar-refractivity contribution in [2.45, 2.75) is 12.5 Å². The Labute approximate surface area is 52.6 Å². The van der Waals surface area contributed by atoms with E-state index in [2.05, 4.69) is 0 Å². The van der Waals surface area contributed by atoms with Crippen molar-refractivity contribution in [3.8, 4) is 0 Å². The Morgan fingerprint density at radius 2 is 2.44 bits per heavy atom. The molecule has 2 N–H and O–H groups in total. The number of hydrogen-bond acceptors (Lipinski definition) is 3. The highest BCUT2D eigenvalue weighted by Gasteiger charge is 2.23. The normalized spacial score (nSPS) is 34.1. The molecule has 9 heavy (non-hydrogen) atoms. The molecule has 2 unspecified atom stereocenters. The summed E-state index contributed by atoms with van der Waals surface area (Å²) in [4.78, 5) is 10.1. The van der Waals surface area contributed by atoms with E-state index in [1.54, 1.807) is 0 Å². The molecule has 1 aliphatic rings. The highest BCUT2D eigenvalue weighted by molar-refractivity contribution is 5.59. The molecule has 0 saturated carbocycles. The summed E-state index contributed by atoms with van der Waals surface area (Å²) in [6, 6.07) is 0. The van der Waals surface area contributed by atoms with Crippen molar-refractivity contribution >= 4 is 6.29 Å². The van der Waals surface area contributed by atoms with Gasteiger partial charge in [0.1, 0.15) is 12.0 Å². The van der Waals surface area contributed by atoms with Crippen LogP contribution in [0.2, 0.25) is 0 Å². The molecular weight excluding hydrogens is 120 g/mol. The van der Waals surface area contributed by atoms with E-state index < -0.39 is 12.0 Å². The Balaban J connectivity index is 2.64. The second-order valence-electron chi connectivity index (χ2n) is 2.14. The summed E-state index contributed by atoms with van der Waals surface area (Å²) < 4.78 is 0. The van der Waals surface area contributed by atoms with Crippen LogP contribution in [0.4, 0.5) is 0 Å². The van der Waals surface area contributed by atoms with Gasteiger partial charge in [0.25, 0.3) is 0 Å². The number of carbonyl (C=O) groups is 1. The van der Waals surface area contributed by atoms with Crippen LogP contribution in [0.3, 0.4) is 0 Å². The van der Waals surface area contributed by atoms with Crippen molar-refractivity contribution < 1.29 is 15.0 Å². The molecule has 0 radical (unpaired) electrons. The standard InChI is InChI=1S/C6H8O3/c7-3-4-1-5(8)2-6(4)9/h2-5,8-9H,1H2. The van der Waals surface area contributed by atoms with Crippen molar-refractivity contribution in [1.29, 1.82) is 0 Å². The summed E-state index contributed by atoms with van der Waals surface area (Å²) in [7, 11) is 0. The average Bonchev–Trinajstić information content (AvgIpc) is 2.10.